The minimum Gasteiger partial charge on any atom is -0.456 e. The summed E-state index contributed by atoms with van der Waals surface area (Å²) in [6.07, 6.45) is 0. The van der Waals surface area contributed by atoms with Crippen molar-refractivity contribution >= 4 is 39.7 Å². The van der Waals surface area contributed by atoms with Gasteiger partial charge < -0.3 is 4.42 Å². The van der Waals surface area contributed by atoms with Gasteiger partial charge in [0.1, 0.15) is 11.2 Å². The van der Waals surface area contributed by atoms with Crippen LogP contribution in [0.25, 0.3) is 44.7 Å². The molecule has 178 valence electrons. The number of nitrogens with zero attached hydrogens (tertiary/aromatic N) is 4. The Kier molecular flexibility index (Phi) is 4.64. The van der Waals surface area contributed by atoms with Crippen LogP contribution in [-0.2, 0) is 9.59 Å². The van der Waals surface area contributed by atoms with E-state index in [2.05, 4.69) is 4.98 Å². The van der Waals surface area contributed by atoms with Crippen LogP contribution in [0, 0.1) is 10.8 Å². The summed E-state index contributed by atoms with van der Waals surface area (Å²) in [5.74, 6) is 0.0983. The molecule has 0 aliphatic carbocycles. The number of benzene rings is 3. The predicted molar refractivity (Wildman–Crippen MR) is 138 cm³/mol. The minimum atomic E-state index is -0.912. The van der Waals surface area contributed by atoms with Gasteiger partial charge in [-0.05, 0) is 39.8 Å². The maximum atomic E-state index is 13.5. The van der Waals surface area contributed by atoms with Crippen molar-refractivity contribution < 1.29 is 14.0 Å². The molecule has 3 aromatic carbocycles. The summed E-state index contributed by atoms with van der Waals surface area (Å²) in [6.45, 7) is 7.13. The van der Waals surface area contributed by atoms with Gasteiger partial charge in [0.15, 0.2) is 11.6 Å². The highest BCUT2D eigenvalue weighted by atomic mass is 16.3. The molecule has 5 aromatic rings. The third-order valence-corrected chi connectivity index (χ3v) is 7.54. The third-order valence-electron chi connectivity index (χ3n) is 7.54. The molecule has 0 saturated carbocycles. The molecule has 1 saturated heterocycles. The summed E-state index contributed by atoms with van der Waals surface area (Å²) in [7, 11) is 0. The number of imide groups is 1. The Morgan fingerprint density at radius 1 is 0.667 bits per heavy atom. The Morgan fingerprint density at radius 2 is 1.28 bits per heavy atom. The van der Waals surface area contributed by atoms with Crippen LogP contribution >= 0.6 is 0 Å². The maximum Gasteiger partial charge on any atom is 0.243 e. The number of carbonyl (C=O) groups excluding carboxylic acids is 2. The molecular weight excluding hydrogens is 452 g/mol. The summed E-state index contributed by atoms with van der Waals surface area (Å²) >= 11 is 0. The molecule has 1 aliphatic rings. The van der Waals surface area contributed by atoms with Crippen LogP contribution in [-0.4, -0.2) is 26.8 Å². The molecule has 36 heavy (non-hydrogen) atoms. The molecule has 0 N–H and O–H groups in total. The van der Waals surface area contributed by atoms with Crippen LogP contribution in [0.1, 0.15) is 27.7 Å². The van der Waals surface area contributed by atoms with Crippen LogP contribution in [0.4, 0.5) is 5.95 Å². The molecule has 7 nitrogen and oxygen atoms in total. The quantitative estimate of drug-likeness (QED) is 0.295. The molecule has 0 atom stereocenters. The first kappa shape index (κ1) is 22.1. The van der Waals surface area contributed by atoms with Crippen LogP contribution in [0.5, 0.6) is 0 Å². The lowest BCUT2D eigenvalue weighted by atomic mass is 9.70. The predicted octanol–water partition coefficient (Wildman–Crippen LogP) is 6.03. The van der Waals surface area contributed by atoms with Gasteiger partial charge in [-0.25, -0.2) is 9.88 Å². The fourth-order valence-electron chi connectivity index (χ4n) is 4.63. The Bertz CT molecular complexity index is 1660. The van der Waals surface area contributed by atoms with Gasteiger partial charge in [-0.1, -0.05) is 60.7 Å². The number of anilines is 1. The van der Waals surface area contributed by atoms with E-state index < -0.39 is 10.8 Å². The fraction of sp³-hybridized carbons (Fsp3) is 0.207. The van der Waals surface area contributed by atoms with Gasteiger partial charge in [0, 0.05) is 21.9 Å². The number of rotatable bonds is 3. The van der Waals surface area contributed by atoms with Crippen molar-refractivity contribution in [3.63, 3.8) is 0 Å². The number of hydrogen-bond acceptors (Lipinski definition) is 6. The van der Waals surface area contributed by atoms with E-state index in [1.807, 2.05) is 72.8 Å². The maximum absolute atomic E-state index is 13.5. The zero-order chi connectivity index (χ0) is 25.2. The van der Waals surface area contributed by atoms with Crippen LogP contribution < -0.4 is 4.90 Å². The largest absolute Gasteiger partial charge is 0.456 e. The van der Waals surface area contributed by atoms with Gasteiger partial charge in [-0.15, -0.1) is 0 Å². The molecule has 0 bridgehead atoms. The lowest BCUT2D eigenvalue weighted by Gasteiger charge is -2.28. The van der Waals surface area contributed by atoms with Gasteiger partial charge in [0.25, 0.3) is 0 Å². The lowest BCUT2D eigenvalue weighted by molar-refractivity contribution is -0.129. The van der Waals surface area contributed by atoms with Gasteiger partial charge in [0.05, 0.1) is 10.8 Å². The second-order valence-corrected chi connectivity index (χ2v) is 10.1. The second kappa shape index (κ2) is 7.55. The van der Waals surface area contributed by atoms with E-state index >= 15 is 0 Å². The van der Waals surface area contributed by atoms with Crippen molar-refractivity contribution in [2.24, 2.45) is 10.8 Å². The van der Waals surface area contributed by atoms with E-state index in [-0.39, 0.29) is 17.8 Å². The van der Waals surface area contributed by atoms with E-state index in [9.17, 15) is 9.59 Å². The SMILES string of the molecule is CC1(C)C(=O)N(c2nc(-c3ccccc3)nc(-c3cccc4oc5ccccc5c34)n2)C(=O)C1(C)C. The van der Waals surface area contributed by atoms with Crippen molar-refractivity contribution in [1.82, 2.24) is 15.0 Å². The molecule has 0 unspecified atom stereocenters. The smallest absolute Gasteiger partial charge is 0.243 e. The molecule has 7 heteroatoms. The standard InChI is InChI=1S/C29H24N4O3/c1-28(2)25(34)33(26(35)29(28,3)4)27-31-23(17-11-6-5-7-12-17)30-24(32-27)19-14-10-16-21-22(19)18-13-8-9-15-20(18)36-21/h5-16H,1-4H3. The summed E-state index contributed by atoms with van der Waals surface area (Å²) < 4.78 is 6.06. The molecule has 1 aliphatic heterocycles. The average Bonchev–Trinajstić information content (AvgIpc) is 3.32. The van der Waals surface area contributed by atoms with E-state index in [4.69, 9.17) is 14.4 Å². The first-order chi connectivity index (χ1) is 17.2. The number of fused-ring (bicyclic) bond motifs is 3. The minimum absolute atomic E-state index is 0.0253. The molecule has 1 fully saturated rings. The van der Waals surface area contributed by atoms with Crippen molar-refractivity contribution in [1.29, 1.82) is 0 Å². The number of furan rings is 1. The Balaban J connectivity index is 1.63. The van der Waals surface area contributed by atoms with Crippen molar-refractivity contribution in [3.05, 3.63) is 72.8 Å². The van der Waals surface area contributed by atoms with E-state index in [0.29, 0.717) is 17.2 Å². The van der Waals surface area contributed by atoms with Crippen LogP contribution in [0.2, 0.25) is 0 Å². The van der Waals surface area contributed by atoms with Crippen molar-refractivity contribution in [3.8, 4) is 22.8 Å². The van der Waals surface area contributed by atoms with Crippen LogP contribution in [0.3, 0.4) is 0 Å². The van der Waals surface area contributed by atoms with E-state index in [1.54, 1.807) is 27.7 Å². The Labute approximate surface area is 207 Å². The van der Waals surface area contributed by atoms with Gasteiger partial charge >= 0.3 is 0 Å². The highest BCUT2D eigenvalue weighted by molar-refractivity contribution is 6.24. The molecule has 2 amide bonds. The number of hydrogen-bond donors (Lipinski definition) is 0. The molecule has 3 heterocycles. The number of para-hydroxylation sites is 1. The monoisotopic (exact) mass is 476 g/mol. The van der Waals surface area contributed by atoms with Crippen LogP contribution in [0.15, 0.2) is 77.2 Å². The highest BCUT2D eigenvalue weighted by Crippen LogP contribution is 2.48. The molecule has 6 rings (SSSR count). The molecule has 2 aromatic heterocycles. The van der Waals surface area contributed by atoms with Gasteiger partial charge in [0.2, 0.25) is 17.8 Å². The van der Waals surface area contributed by atoms with E-state index in [1.165, 1.54) is 0 Å². The summed E-state index contributed by atoms with van der Waals surface area (Å²) in [5, 5.41) is 1.80. The van der Waals surface area contributed by atoms with Gasteiger partial charge in [-0.3, -0.25) is 9.59 Å². The van der Waals surface area contributed by atoms with Crippen molar-refractivity contribution in [2.45, 2.75) is 27.7 Å². The number of aromatic nitrogens is 3. The topological polar surface area (TPSA) is 89.2 Å². The van der Waals surface area contributed by atoms with Gasteiger partial charge in [-0.2, -0.15) is 9.97 Å². The molecular formula is C29H24N4O3. The first-order valence-electron chi connectivity index (χ1n) is 11.8. The third kappa shape index (κ3) is 3.02. The lowest BCUT2D eigenvalue weighted by Crippen LogP contribution is -2.35. The molecule has 0 spiro atoms. The normalized spacial score (nSPS) is 16.8. The summed E-state index contributed by atoms with van der Waals surface area (Å²) in [5.41, 5.74) is 1.12. The number of carbonyl (C=O) groups is 2. The van der Waals surface area contributed by atoms with Crippen molar-refractivity contribution in [2.75, 3.05) is 4.90 Å². The zero-order valence-corrected chi connectivity index (χ0v) is 20.4. The highest BCUT2D eigenvalue weighted by Gasteiger charge is 2.60. The Morgan fingerprint density at radius 3 is 2.00 bits per heavy atom. The molecule has 0 radical (unpaired) electrons. The fourth-order valence-corrected chi connectivity index (χ4v) is 4.63. The average molecular weight is 477 g/mol. The summed E-state index contributed by atoms with van der Waals surface area (Å²) in [4.78, 5) is 42.2. The second-order valence-electron chi connectivity index (χ2n) is 10.1. The van der Waals surface area contributed by atoms with E-state index in [0.717, 1.165) is 32.4 Å². The first-order valence-corrected chi connectivity index (χ1v) is 11.8. The zero-order valence-electron chi connectivity index (χ0n) is 20.4. The summed E-state index contributed by atoms with van der Waals surface area (Å²) in [6, 6.07) is 22.9. The number of amides is 2. The Hall–Kier alpha value is -4.39.